The number of nitrogens with two attached hydrogens (primary N) is 1. The van der Waals surface area contributed by atoms with Gasteiger partial charge in [-0.05, 0) is 29.8 Å². The van der Waals surface area contributed by atoms with Gasteiger partial charge >= 0.3 is 0 Å². The minimum absolute atomic E-state index is 0.0414. The van der Waals surface area contributed by atoms with Crippen LogP contribution in [0.15, 0.2) is 47.6 Å². The van der Waals surface area contributed by atoms with Crippen molar-refractivity contribution in [1.29, 1.82) is 0 Å². The summed E-state index contributed by atoms with van der Waals surface area (Å²) in [6, 6.07) is 9.91. The Hall–Kier alpha value is -1.72. The zero-order valence-electron chi connectivity index (χ0n) is 11.7. The molecule has 0 radical (unpaired) electrons. The first-order valence-corrected chi connectivity index (χ1v) is 7.99. The smallest absolute Gasteiger partial charge is 0.161 e. The number of aromatic nitrogens is 1. The van der Waals surface area contributed by atoms with Crippen LogP contribution >= 0.6 is 11.8 Å². The molecule has 21 heavy (non-hydrogen) atoms. The SMILES string of the molecule is NC(CSc1ccncc1)c1ccc2c(c1)OCCCO2. The van der Waals surface area contributed by atoms with Crippen LogP contribution in [0.5, 0.6) is 11.5 Å². The summed E-state index contributed by atoms with van der Waals surface area (Å²) in [5.74, 6) is 2.42. The Morgan fingerprint density at radius 2 is 1.86 bits per heavy atom. The highest BCUT2D eigenvalue weighted by molar-refractivity contribution is 7.99. The van der Waals surface area contributed by atoms with Gasteiger partial charge in [-0.3, -0.25) is 4.98 Å². The van der Waals surface area contributed by atoms with E-state index in [2.05, 4.69) is 4.98 Å². The van der Waals surface area contributed by atoms with E-state index in [0.717, 1.165) is 29.2 Å². The van der Waals surface area contributed by atoms with Gasteiger partial charge in [0, 0.05) is 35.5 Å². The molecule has 0 aliphatic carbocycles. The molecule has 1 aliphatic heterocycles. The molecule has 0 spiro atoms. The van der Waals surface area contributed by atoms with E-state index in [1.165, 1.54) is 4.90 Å². The molecule has 0 amide bonds. The monoisotopic (exact) mass is 302 g/mol. The first-order valence-electron chi connectivity index (χ1n) is 7.01. The fourth-order valence-corrected chi connectivity index (χ4v) is 3.01. The van der Waals surface area contributed by atoms with E-state index in [0.29, 0.717) is 13.2 Å². The van der Waals surface area contributed by atoms with Crippen LogP contribution in [-0.4, -0.2) is 24.0 Å². The molecule has 1 atom stereocenters. The van der Waals surface area contributed by atoms with Crippen molar-refractivity contribution in [2.45, 2.75) is 17.4 Å². The molecule has 1 aliphatic rings. The van der Waals surface area contributed by atoms with Gasteiger partial charge in [0.15, 0.2) is 11.5 Å². The lowest BCUT2D eigenvalue weighted by atomic mass is 10.1. The number of ether oxygens (including phenoxy) is 2. The number of hydrogen-bond donors (Lipinski definition) is 1. The van der Waals surface area contributed by atoms with Gasteiger partial charge in [-0.15, -0.1) is 11.8 Å². The zero-order chi connectivity index (χ0) is 14.5. The average molecular weight is 302 g/mol. The Morgan fingerprint density at radius 1 is 1.10 bits per heavy atom. The van der Waals surface area contributed by atoms with E-state index in [4.69, 9.17) is 15.2 Å². The Morgan fingerprint density at radius 3 is 2.67 bits per heavy atom. The van der Waals surface area contributed by atoms with Gasteiger partial charge in [-0.2, -0.15) is 0 Å². The molecule has 1 aromatic heterocycles. The molecule has 5 heteroatoms. The van der Waals surface area contributed by atoms with Gasteiger partial charge in [0.1, 0.15) is 0 Å². The number of nitrogens with zero attached hydrogens (tertiary/aromatic N) is 1. The molecule has 2 N–H and O–H groups in total. The molecule has 110 valence electrons. The van der Waals surface area contributed by atoms with Gasteiger partial charge in [-0.1, -0.05) is 6.07 Å². The first kappa shape index (κ1) is 14.2. The largest absolute Gasteiger partial charge is 0.490 e. The number of hydrogen-bond acceptors (Lipinski definition) is 5. The topological polar surface area (TPSA) is 57.4 Å². The highest BCUT2D eigenvalue weighted by atomic mass is 32.2. The Labute approximate surface area is 128 Å². The first-order chi connectivity index (χ1) is 10.3. The minimum Gasteiger partial charge on any atom is -0.490 e. The minimum atomic E-state index is -0.0414. The fraction of sp³-hybridized carbons (Fsp3) is 0.312. The predicted octanol–water partition coefficient (Wildman–Crippen LogP) is 3.04. The lowest BCUT2D eigenvalue weighted by Crippen LogP contribution is -2.13. The Bertz CT molecular complexity index is 592. The third-order valence-electron chi connectivity index (χ3n) is 3.28. The van der Waals surface area contributed by atoms with Crippen LogP contribution in [0.4, 0.5) is 0 Å². The number of benzene rings is 1. The zero-order valence-corrected chi connectivity index (χ0v) is 12.5. The van der Waals surface area contributed by atoms with E-state index in [1.807, 2.05) is 30.3 Å². The molecule has 2 aromatic rings. The van der Waals surface area contributed by atoms with Crippen molar-refractivity contribution < 1.29 is 9.47 Å². The molecule has 0 saturated heterocycles. The summed E-state index contributed by atoms with van der Waals surface area (Å²) in [4.78, 5) is 5.19. The second-order valence-corrected chi connectivity index (χ2v) is 5.95. The number of fused-ring (bicyclic) bond motifs is 1. The second-order valence-electron chi connectivity index (χ2n) is 4.86. The molecule has 0 bridgehead atoms. The molecule has 2 heterocycles. The second kappa shape index (κ2) is 6.83. The maximum atomic E-state index is 6.28. The van der Waals surface area contributed by atoms with Crippen LogP contribution in [0.1, 0.15) is 18.0 Å². The third-order valence-corrected chi connectivity index (χ3v) is 4.41. The number of rotatable bonds is 4. The summed E-state index contributed by atoms with van der Waals surface area (Å²) in [6.45, 7) is 1.40. The lowest BCUT2D eigenvalue weighted by Gasteiger charge is -2.14. The van der Waals surface area contributed by atoms with Crippen molar-refractivity contribution in [2.75, 3.05) is 19.0 Å². The van der Waals surface area contributed by atoms with Crippen molar-refractivity contribution in [1.82, 2.24) is 4.98 Å². The van der Waals surface area contributed by atoms with E-state index in [1.54, 1.807) is 24.2 Å². The van der Waals surface area contributed by atoms with Gasteiger partial charge in [0.2, 0.25) is 0 Å². The summed E-state index contributed by atoms with van der Waals surface area (Å²) in [6.07, 6.45) is 4.50. The highest BCUT2D eigenvalue weighted by Crippen LogP contribution is 2.33. The van der Waals surface area contributed by atoms with E-state index in [-0.39, 0.29) is 6.04 Å². The van der Waals surface area contributed by atoms with Gasteiger partial charge in [-0.25, -0.2) is 0 Å². The summed E-state index contributed by atoms with van der Waals surface area (Å²) in [5, 5.41) is 0. The molecule has 0 saturated carbocycles. The maximum Gasteiger partial charge on any atom is 0.161 e. The van der Waals surface area contributed by atoms with E-state index in [9.17, 15) is 0 Å². The molecule has 4 nitrogen and oxygen atoms in total. The quantitative estimate of drug-likeness (QED) is 0.880. The molecule has 1 unspecified atom stereocenters. The van der Waals surface area contributed by atoms with E-state index >= 15 is 0 Å². The normalized spacial score (nSPS) is 15.3. The van der Waals surface area contributed by atoms with Crippen molar-refractivity contribution >= 4 is 11.8 Å². The highest BCUT2D eigenvalue weighted by Gasteiger charge is 2.14. The van der Waals surface area contributed by atoms with Crippen molar-refractivity contribution in [2.24, 2.45) is 5.73 Å². The molecule has 3 rings (SSSR count). The van der Waals surface area contributed by atoms with Gasteiger partial charge < -0.3 is 15.2 Å². The van der Waals surface area contributed by atoms with Crippen LogP contribution in [-0.2, 0) is 0 Å². The van der Waals surface area contributed by atoms with Crippen LogP contribution in [0.3, 0.4) is 0 Å². The number of pyridine rings is 1. The summed E-state index contributed by atoms with van der Waals surface area (Å²) in [7, 11) is 0. The molecular formula is C16H18N2O2S. The van der Waals surface area contributed by atoms with E-state index < -0.39 is 0 Å². The average Bonchev–Trinajstić information content (AvgIpc) is 2.78. The molecule has 1 aromatic carbocycles. The molecular weight excluding hydrogens is 284 g/mol. The third kappa shape index (κ3) is 3.68. The van der Waals surface area contributed by atoms with Crippen molar-refractivity contribution in [3.05, 3.63) is 48.3 Å². The predicted molar refractivity (Wildman–Crippen MR) is 83.9 cm³/mol. The summed E-state index contributed by atoms with van der Waals surface area (Å²) in [5.41, 5.74) is 7.35. The Balaban J connectivity index is 1.67. The summed E-state index contributed by atoms with van der Waals surface area (Å²) < 4.78 is 11.3. The van der Waals surface area contributed by atoms with Crippen LogP contribution < -0.4 is 15.2 Å². The van der Waals surface area contributed by atoms with Gasteiger partial charge in [0.05, 0.1) is 13.2 Å². The van der Waals surface area contributed by atoms with Crippen LogP contribution in [0, 0.1) is 0 Å². The maximum absolute atomic E-state index is 6.28. The lowest BCUT2D eigenvalue weighted by molar-refractivity contribution is 0.297. The standard InChI is InChI=1S/C16H18N2O2S/c17-14(11-21-13-4-6-18-7-5-13)12-2-3-15-16(10-12)20-9-1-8-19-15/h2-7,10,14H,1,8-9,11,17H2. The Kier molecular flexibility index (Phi) is 4.62. The van der Waals surface area contributed by atoms with Crippen LogP contribution in [0.2, 0.25) is 0 Å². The van der Waals surface area contributed by atoms with Crippen molar-refractivity contribution in [3.8, 4) is 11.5 Å². The number of thioether (sulfide) groups is 1. The molecule has 0 fully saturated rings. The van der Waals surface area contributed by atoms with Gasteiger partial charge in [0.25, 0.3) is 0 Å². The fourth-order valence-electron chi connectivity index (χ4n) is 2.13. The van der Waals surface area contributed by atoms with Crippen LogP contribution in [0.25, 0.3) is 0 Å². The summed E-state index contributed by atoms with van der Waals surface area (Å²) >= 11 is 1.73. The van der Waals surface area contributed by atoms with Crippen molar-refractivity contribution in [3.63, 3.8) is 0 Å².